The summed E-state index contributed by atoms with van der Waals surface area (Å²) >= 11 is 0. The standard InChI is InChI=1S/C15H21N3O2/c1-9-5-6-16-11(7-9)18-14(20)12-10(15(2,3)4)8-17-13(12)19/h5-7,10,12H,8H2,1-4H3,(H,17,19)(H,16,18,20)/t10-,12-/m0/s1. The number of nitrogens with zero attached hydrogens (tertiary/aromatic N) is 1. The molecule has 1 aromatic rings. The van der Waals surface area contributed by atoms with Crippen LogP contribution in [0.25, 0.3) is 0 Å². The van der Waals surface area contributed by atoms with Crippen LogP contribution < -0.4 is 10.6 Å². The first-order chi connectivity index (χ1) is 9.29. The quantitative estimate of drug-likeness (QED) is 0.808. The van der Waals surface area contributed by atoms with E-state index in [0.29, 0.717) is 12.4 Å². The van der Waals surface area contributed by atoms with E-state index >= 15 is 0 Å². The molecule has 2 amide bonds. The molecule has 0 aliphatic carbocycles. The monoisotopic (exact) mass is 275 g/mol. The fraction of sp³-hybridized carbons (Fsp3) is 0.533. The second kappa shape index (κ2) is 5.23. The number of pyridine rings is 1. The Balaban J connectivity index is 2.17. The summed E-state index contributed by atoms with van der Waals surface area (Å²) in [5.41, 5.74) is 0.903. The van der Waals surface area contributed by atoms with E-state index in [1.165, 1.54) is 0 Å². The molecular weight excluding hydrogens is 254 g/mol. The minimum atomic E-state index is -0.655. The molecule has 0 bridgehead atoms. The lowest BCUT2D eigenvalue weighted by atomic mass is 9.74. The summed E-state index contributed by atoms with van der Waals surface area (Å²) in [6.45, 7) is 8.61. The lowest BCUT2D eigenvalue weighted by molar-refractivity contribution is -0.132. The minimum absolute atomic E-state index is 0.0141. The zero-order valence-electron chi connectivity index (χ0n) is 12.4. The molecule has 1 aliphatic rings. The first-order valence-corrected chi connectivity index (χ1v) is 6.80. The van der Waals surface area contributed by atoms with E-state index in [0.717, 1.165) is 5.56 Å². The second-order valence-electron chi connectivity index (χ2n) is 6.40. The summed E-state index contributed by atoms with van der Waals surface area (Å²) in [4.78, 5) is 28.4. The first-order valence-electron chi connectivity index (χ1n) is 6.80. The summed E-state index contributed by atoms with van der Waals surface area (Å²) < 4.78 is 0. The lowest BCUT2D eigenvalue weighted by Gasteiger charge is -2.29. The highest BCUT2D eigenvalue weighted by atomic mass is 16.2. The van der Waals surface area contributed by atoms with Crippen LogP contribution in [0.1, 0.15) is 26.3 Å². The molecule has 2 rings (SSSR count). The highest BCUT2D eigenvalue weighted by Crippen LogP contribution is 2.35. The molecule has 0 radical (unpaired) electrons. The van der Waals surface area contributed by atoms with Crippen molar-refractivity contribution >= 4 is 17.6 Å². The first kappa shape index (κ1) is 14.5. The number of nitrogens with one attached hydrogen (secondary N) is 2. The molecule has 0 unspecified atom stereocenters. The number of aromatic nitrogens is 1. The molecule has 0 spiro atoms. The van der Waals surface area contributed by atoms with Crippen LogP contribution in [-0.4, -0.2) is 23.3 Å². The van der Waals surface area contributed by atoms with Gasteiger partial charge in [-0.2, -0.15) is 0 Å². The van der Waals surface area contributed by atoms with Gasteiger partial charge < -0.3 is 10.6 Å². The Labute approximate surface area is 119 Å². The molecule has 2 heterocycles. The third kappa shape index (κ3) is 2.98. The Morgan fingerprint density at radius 1 is 1.45 bits per heavy atom. The number of aryl methyl sites for hydroxylation is 1. The number of carbonyl (C=O) groups excluding carboxylic acids is 2. The predicted molar refractivity (Wildman–Crippen MR) is 77.0 cm³/mol. The topological polar surface area (TPSA) is 71.1 Å². The Morgan fingerprint density at radius 2 is 2.15 bits per heavy atom. The molecule has 2 N–H and O–H groups in total. The van der Waals surface area contributed by atoms with Gasteiger partial charge in [0, 0.05) is 18.7 Å². The number of hydrogen-bond acceptors (Lipinski definition) is 3. The van der Waals surface area contributed by atoms with Crippen LogP contribution in [0.4, 0.5) is 5.82 Å². The smallest absolute Gasteiger partial charge is 0.238 e. The molecule has 20 heavy (non-hydrogen) atoms. The van der Waals surface area contributed by atoms with Gasteiger partial charge in [-0.05, 0) is 30.0 Å². The average Bonchev–Trinajstić information content (AvgIpc) is 2.71. The number of rotatable bonds is 2. The van der Waals surface area contributed by atoms with Crippen LogP contribution in [0.15, 0.2) is 18.3 Å². The van der Waals surface area contributed by atoms with Gasteiger partial charge in [-0.3, -0.25) is 9.59 Å². The molecule has 0 saturated carbocycles. The third-order valence-electron chi connectivity index (χ3n) is 3.74. The van der Waals surface area contributed by atoms with Crippen molar-refractivity contribution in [1.29, 1.82) is 0 Å². The van der Waals surface area contributed by atoms with Crippen molar-refractivity contribution in [1.82, 2.24) is 10.3 Å². The van der Waals surface area contributed by atoms with E-state index in [1.54, 1.807) is 12.3 Å². The van der Waals surface area contributed by atoms with Crippen molar-refractivity contribution in [2.45, 2.75) is 27.7 Å². The zero-order chi connectivity index (χ0) is 14.9. The van der Waals surface area contributed by atoms with Gasteiger partial charge in [0.1, 0.15) is 11.7 Å². The van der Waals surface area contributed by atoms with E-state index in [2.05, 4.69) is 15.6 Å². The van der Waals surface area contributed by atoms with Gasteiger partial charge in [-0.25, -0.2) is 4.98 Å². The molecule has 1 fully saturated rings. The Kier molecular flexibility index (Phi) is 3.79. The Morgan fingerprint density at radius 3 is 2.75 bits per heavy atom. The van der Waals surface area contributed by atoms with E-state index in [9.17, 15) is 9.59 Å². The molecule has 1 saturated heterocycles. The molecule has 108 valence electrons. The van der Waals surface area contributed by atoms with Gasteiger partial charge >= 0.3 is 0 Å². The van der Waals surface area contributed by atoms with Gasteiger partial charge in [0.25, 0.3) is 0 Å². The lowest BCUT2D eigenvalue weighted by Crippen LogP contribution is -2.37. The molecule has 5 nitrogen and oxygen atoms in total. The van der Waals surface area contributed by atoms with Crippen LogP contribution in [0.5, 0.6) is 0 Å². The van der Waals surface area contributed by atoms with E-state index < -0.39 is 5.92 Å². The molecule has 5 heteroatoms. The van der Waals surface area contributed by atoms with Crippen molar-refractivity contribution in [2.24, 2.45) is 17.3 Å². The molecule has 1 aromatic heterocycles. The van der Waals surface area contributed by atoms with Crippen molar-refractivity contribution in [3.8, 4) is 0 Å². The fourth-order valence-electron chi connectivity index (χ4n) is 2.54. The molecule has 0 aromatic carbocycles. The summed E-state index contributed by atoms with van der Waals surface area (Å²) in [6.07, 6.45) is 1.64. The minimum Gasteiger partial charge on any atom is -0.355 e. The number of amides is 2. The predicted octanol–water partition coefficient (Wildman–Crippen LogP) is 1.74. The molecule has 1 aliphatic heterocycles. The van der Waals surface area contributed by atoms with Crippen molar-refractivity contribution in [2.75, 3.05) is 11.9 Å². The summed E-state index contributed by atoms with van der Waals surface area (Å²) in [5, 5.41) is 5.53. The Hall–Kier alpha value is -1.91. The fourth-order valence-corrected chi connectivity index (χ4v) is 2.54. The SMILES string of the molecule is Cc1ccnc(NC(=O)[C@@H]2C(=O)NC[C@@H]2C(C)(C)C)c1. The largest absolute Gasteiger partial charge is 0.355 e. The maximum atomic E-state index is 12.4. The van der Waals surface area contributed by atoms with Gasteiger partial charge in [0.05, 0.1) is 0 Å². The maximum Gasteiger partial charge on any atom is 0.238 e. The average molecular weight is 275 g/mol. The normalized spacial score (nSPS) is 22.5. The Bertz CT molecular complexity index is 534. The van der Waals surface area contributed by atoms with E-state index in [1.807, 2.05) is 33.8 Å². The summed E-state index contributed by atoms with van der Waals surface area (Å²) in [5.74, 6) is -0.660. The summed E-state index contributed by atoms with van der Waals surface area (Å²) in [7, 11) is 0. The number of hydrogen-bond donors (Lipinski definition) is 2. The molecular formula is C15H21N3O2. The van der Waals surface area contributed by atoms with Gasteiger partial charge in [0.15, 0.2) is 0 Å². The number of anilines is 1. The van der Waals surface area contributed by atoms with Crippen LogP contribution in [0.3, 0.4) is 0 Å². The molecule has 2 atom stereocenters. The van der Waals surface area contributed by atoms with Crippen LogP contribution >= 0.6 is 0 Å². The van der Waals surface area contributed by atoms with E-state index in [-0.39, 0.29) is 23.1 Å². The van der Waals surface area contributed by atoms with Crippen LogP contribution in [0.2, 0.25) is 0 Å². The third-order valence-corrected chi connectivity index (χ3v) is 3.74. The zero-order valence-corrected chi connectivity index (χ0v) is 12.4. The van der Waals surface area contributed by atoms with Gasteiger partial charge in [-0.1, -0.05) is 20.8 Å². The van der Waals surface area contributed by atoms with Crippen molar-refractivity contribution in [3.05, 3.63) is 23.9 Å². The van der Waals surface area contributed by atoms with Crippen LogP contribution in [-0.2, 0) is 9.59 Å². The van der Waals surface area contributed by atoms with Crippen molar-refractivity contribution < 1.29 is 9.59 Å². The van der Waals surface area contributed by atoms with Crippen molar-refractivity contribution in [3.63, 3.8) is 0 Å². The maximum absolute atomic E-state index is 12.4. The summed E-state index contributed by atoms with van der Waals surface area (Å²) in [6, 6.07) is 3.65. The van der Waals surface area contributed by atoms with E-state index in [4.69, 9.17) is 0 Å². The van der Waals surface area contributed by atoms with Crippen LogP contribution in [0, 0.1) is 24.2 Å². The highest BCUT2D eigenvalue weighted by molar-refractivity contribution is 6.07. The highest BCUT2D eigenvalue weighted by Gasteiger charge is 2.45. The van der Waals surface area contributed by atoms with Gasteiger partial charge in [-0.15, -0.1) is 0 Å². The second-order valence-corrected chi connectivity index (χ2v) is 6.40. The number of carbonyl (C=O) groups is 2. The van der Waals surface area contributed by atoms with Gasteiger partial charge in [0.2, 0.25) is 11.8 Å².